The first-order valence-electron chi connectivity index (χ1n) is 9.51. The number of rotatable bonds is 12. The van der Waals surface area contributed by atoms with Crippen molar-refractivity contribution in [3.63, 3.8) is 0 Å². The molecule has 0 aromatic carbocycles. The van der Waals surface area contributed by atoms with Gasteiger partial charge in [0, 0.05) is 46.0 Å². The van der Waals surface area contributed by atoms with E-state index >= 15 is 0 Å². The van der Waals surface area contributed by atoms with Crippen LogP contribution in [0.25, 0.3) is 0 Å². The first-order valence-corrected chi connectivity index (χ1v) is 9.51. The molecule has 1 aromatic rings. The fourth-order valence-corrected chi connectivity index (χ4v) is 2.42. The second-order valence-electron chi connectivity index (χ2n) is 6.52. The van der Waals surface area contributed by atoms with Crippen molar-refractivity contribution in [2.45, 2.75) is 32.6 Å². The van der Waals surface area contributed by atoms with Crippen LogP contribution in [0.5, 0.6) is 0 Å². The van der Waals surface area contributed by atoms with Gasteiger partial charge >= 0.3 is 0 Å². The normalized spacial score (nSPS) is 14.4. The Hall–Kier alpha value is -1.82. The Labute approximate surface area is 152 Å². The molecule has 1 heterocycles. The molecule has 140 valence electrons. The summed E-state index contributed by atoms with van der Waals surface area (Å²) in [6, 6.07) is 5.91. The number of nitrogens with zero attached hydrogens (tertiary/aromatic N) is 3. The van der Waals surface area contributed by atoms with Crippen LogP contribution in [0.2, 0.25) is 0 Å². The lowest BCUT2D eigenvalue weighted by molar-refractivity contribution is 0.115. The molecule has 1 aliphatic rings. The Morgan fingerprint density at radius 3 is 2.96 bits per heavy atom. The maximum Gasteiger partial charge on any atom is 0.193 e. The zero-order chi connectivity index (χ0) is 17.7. The summed E-state index contributed by atoms with van der Waals surface area (Å²) in [4.78, 5) is 11.1. The number of guanidine groups is 1. The number of likely N-dealkylation sites (N-methyl/N-ethyl adjacent to an activating group) is 1. The van der Waals surface area contributed by atoms with Crippen molar-refractivity contribution in [1.82, 2.24) is 15.2 Å². The van der Waals surface area contributed by atoms with Crippen molar-refractivity contribution in [3.05, 3.63) is 24.4 Å². The molecule has 0 radical (unpaired) electrons. The van der Waals surface area contributed by atoms with E-state index in [4.69, 9.17) is 9.73 Å². The van der Waals surface area contributed by atoms with Crippen molar-refractivity contribution >= 4 is 11.8 Å². The molecule has 0 atom stereocenters. The van der Waals surface area contributed by atoms with Crippen molar-refractivity contribution < 1.29 is 4.74 Å². The minimum absolute atomic E-state index is 0.769. The molecule has 0 aliphatic heterocycles. The average molecular weight is 348 g/mol. The van der Waals surface area contributed by atoms with Crippen LogP contribution in [0, 0.1) is 5.92 Å². The van der Waals surface area contributed by atoms with Gasteiger partial charge in [0.2, 0.25) is 0 Å². The van der Waals surface area contributed by atoms with Crippen molar-refractivity contribution in [2.75, 3.05) is 51.8 Å². The van der Waals surface area contributed by atoms with Gasteiger partial charge in [-0.15, -0.1) is 0 Å². The molecule has 6 heteroatoms. The highest BCUT2D eigenvalue weighted by atomic mass is 16.5. The summed E-state index contributed by atoms with van der Waals surface area (Å²) in [5, 5.41) is 6.68. The fraction of sp³-hybridized carbons (Fsp3) is 0.684. The van der Waals surface area contributed by atoms with E-state index in [1.165, 1.54) is 12.8 Å². The molecule has 1 aliphatic carbocycles. The fourth-order valence-electron chi connectivity index (χ4n) is 2.42. The van der Waals surface area contributed by atoms with E-state index < -0.39 is 0 Å². The van der Waals surface area contributed by atoms with E-state index in [1.54, 1.807) is 6.20 Å². The molecule has 6 nitrogen and oxygen atoms in total. The number of hydrogen-bond donors (Lipinski definition) is 2. The molecular formula is C19H33N5O. The lowest BCUT2D eigenvalue weighted by Crippen LogP contribution is -2.40. The molecule has 0 bridgehead atoms. The second-order valence-corrected chi connectivity index (χ2v) is 6.52. The summed E-state index contributed by atoms with van der Waals surface area (Å²) in [6.45, 7) is 7.31. The van der Waals surface area contributed by atoms with Gasteiger partial charge in [-0.25, -0.2) is 4.98 Å². The van der Waals surface area contributed by atoms with Crippen LogP contribution in [0.4, 0.5) is 5.82 Å². The van der Waals surface area contributed by atoms with Crippen LogP contribution in [0.15, 0.2) is 29.4 Å². The summed E-state index contributed by atoms with van der Waals surface area (Å²) in [5.74, 6) is 2.73. The molecule has 0 unspecified atom stereocenters. The third kappa shape index (κ3) is 8.72. The standard InChI is InChI=1S/C19H33N5O/c1-3-20-19(24(2)14-15-25-16-17-9-10-17)23-13-7-6-12-22-18-8-4-5-11-21-18/h4-5,8,11,17H,3,6-7,9-10,12-16H2,1-2H3,(H,20,23)(H,21,22). The monoisotopic (exact) mass is 347 g/mol. The highest BCUT2D eigenvalue weighted by molar-refractivity contribution is 5.79. The van der Waals surface area contributed by atoms with Gasteiger partial charge in [-0.05, 0) is 50.7 Å². The van der Waals surface area contributed by atoms with Crippen LogP contribution in [-0.4, -0.2) is 62.3 Å². The number of aliphatic imine (C=N–C) groups is 1. The van der Waals surface area contributed by atoms with E-state index in [2.05, 4.69) is 34.5 Å². The predicted octanol–water partition coefficient (Wildman–Crippen LogP) is 2.60. The molecule has 0 amide bonds. The SMILES string of the molecule is CCNC(=NCCCCNc1ccccn1)N(C)CCOCC1CC1. The maximum absolute atomic E-state index is 5.72. The molecule has 2 N–H and O–H groups in total. The Bertz CT molecular complexity index is 490. The van der Waals surface area contributed by atoms with Gasteiger partial charge in [0.15, 0.2) is 5.96 Å². The average Bonchev–Trinajstić information content (AvgIpc) is 3.46. The first kappa shape index (κ1) is 19.5. The number of pyridine rings is 1. The van der Waals surface area contributed by atoms with E-state index in [9.17, 15) is 0 Å². The second kappa shape index (κ2) is 11.7. The molecule has 0 spiro atoms. The van der Waals surface area contributed by atoms with E-state index in [-0.39, 0.29) is 0 Å². The predicted molar refractivity (Wildman–Crippen MR) is 104 cm³/mol. The van der Waals surface area contributed by atoms with Gasteiger partial charge in [-0.2, -0.15) is 0 Å². The van der Waals surface area contributed by atoms with E-state index in [1.807, 2.05) is 18.2 Å². The van der Waals surface area contributed by atoms with Crippen LogP contribution in [0.3, 0.4) is 0 Å². The van der Waals surface area contributed by atoms with Crippen LogP contribution in [0.1, 0.15) is 32.6 Å². The van der Waals surface area contributed by atoms with Gasteiger partial charge in [0.1, 0.15) is 5.82 Å². The van der Waals surface area contributed by atoms with Gasteiger partial charge in [0.25, 0.3) is 0 Å². The Morgan fingerprint density at radius 1 is 1.36 bits per heavy atom. The topological polar surface area (TPSA) is 61.8 Å². The highest BCUT2D eigenvalue weighted by Crippen LogP contribution is 2.28. The lowest BCUT2D eigenvalue weighted by Gasteiger charge is -2.22. The summed E-state index contributed by atoms with van der Waals surface area (Å²) < 4.78 is 5.72. The largest absolute Gasteiger partial charge is 0.379 e. The van der Waals surface area contributed by atoms with Gasteiger partial charge < -0.3 is 20.3 Å². The number of hydrogen-bond acceptors (Lipinski definition) is 4. The smallest absolute Gasteiger partial charge is 0.193 e. The molecule has 1 fully saturated rings. The van der Waals surface area contributed by atoms with Gasteiger partial charge in [-0.3, -0.25) is 4.99 Å². The minimum Gasteiger partial charge on any atom is -0.379 e. The molecule has 2 rings (SSSR count). The molecule has 0 saturated heterocycles. The number of aromatic nitrogens is 1. The van der Waals surface area contributed by atoms with Crippen molar-refractivity contribution in [1.29, 1.82) is 0 Å². The first-order chi connectivity index (χ1) is 12.3. The van der Waals surface area contributed by atoms with Crippen LogP contribution >= 0.6 is 0 Å². The van der Waals surface area contributed by atoms with Crippen molar-refractivity contribution in [2.24, 2.45) is 10.9 Å². The number of anilines is 1. The summed E-state index contributed by atoms with van der Waals surface area (Å²) in [7, 11) is 2.07. The summed E-state index contributed by atoms with van der Waals surface area (Å²) in [5.41, 5.74) is 0. The Balaban J connectivity index is 1.58. The minimum atomic E-state index is 0.769. The third-order valence-electron chi connectivity index (χ3n) is 4.14. The van der Waals surface area contributed by atoms with Gasteiger partial charge in [0.05, 0.1) is 6.61 Å². The van der Waals surface area contributed by atoms with E-state index in [0.717, 1.165) is 69.9 Å². The highest BCUT2D eigenvalue weighted by Gasteiger charge is 2.21. The number of ether oxygens (including phenoxy) is 1. The molecule has 1 aromatic heterocycles. The zero-order valence-corrected chi connectivity index (χ0v) is 15.7. The number of nitrogens with one attached hydrogen (secondary N) is 2. The maximum atomic E-state index is 5.72. The summed E-state index contributed by atoms with van der Waals surface area (Å²) in [6.07, 6.45) is 6.62. The summed E-state index contributed by atoms with van der Waals surface area (Å²) >= 11 is 0. The molecule has 25 heavy (non-hydrogen) atoms. The number of unbranched alkanes of at least 4 members (excludes halogenated alkanes) is 1. The van der Waals surface area contributed by atoms with Crippen LogP contribution in [-0.2, 0) is 4.74 Å². The Morgan fingerprint density at radius 2 is 2.24 bits per heavy atom. The van der Waals surface area contributed by atoms with Crippen LogP contribution < -0.4 is 10.6 Å². The van der Waals surface area contributed by atoms with Crippen molar-refractivity contribution in [3.8, 4) is 0 Å². The van der Waals surface area contributed by atoms with E-state index in [0.29, 0.717) is 0 Å². The zero-order valence-electron chi connectivity index (χ0n) is 15.7. The lowest BCUT2D eigenvalue weighted by atomic mass is 10.3. The quantitative estimate of drug-likeness (QED) is 0.346. The molecular weight excluding hydrogens is 314 g/mol. The third-order valence-corrected chi connectivity index (χ3v) is 4.14. The Kier molecular flexibility index (Phi) is 9.12. The van der Waals surface area contributed by atoms with Gasteiger partial charge in [-0.1, -0.05) is 6.07 Å². The molecule has 1 saturated carbocycles.